The predicted molar refractivity (Wildman–Crippen MR) is 114 cm³/mol. The van der Waals surface area contributed by atoms with Crippen molar-refractivity contribution in [2.45, 2.75) is 39.2 Å². The summed E-state index contributed by atoms with van der Waals surface area (Å²) >= 11 is 0. The van der Waals surface area contributed by atoms with Crippen LogP contribution in [0, 0.1) is 0 Å². The van der Waals surface area contributed by atoms with E-state index in [4.69, 9.17) is 0 Å². The van der Waals surface area contributed by atoms with E-state index in [2.05, 4.69) is 35.1 Å². The largest absolute Gasteiger partial charge is 0.356 e. The summed E-state index contributed by atoms with van der Waals surface area (Å²) in [6.07, 6.45) is 6.85. The molecule has 1 aromatic heterocycles. The number of imidazole rings is 1. The number of rotatable bonds is 10. The van der Waals surface area contributed by atoms with Crippen molar-refractivity contribution in [1.82, 2.24) is 19.8 Å². The number of hydrogen-bond acceptors (Lipinski definition) is 4. The van der Waals surface area contributed by atoms with Crippen molar-refractivity contribution >= 4 is 17.5 Å². The van der Waals surface area contributed by atoms with Crippen molar-refractivity contribution in [2.24, 2.45) is 0 Å². The first kappa shape index (κ1) is 21.0. The first-order chi connectivity index (χ1) is 14.1. The van der Waals surface area contributed by atoms with Crippen LogP contribution in [-0.4, -0.2) is 59.0 Å². The number of benzene rings is 1. The molecule has 7 heteroatoms. The summed E-state index contributed by atoms with van der Waals surface area (Å²) in [7, 11) is 0. The average molecular weight is 398 g/mol. The van der Waals surface area contributed by atoms with E-state index < -0.39 is 6.04 Å². The van der Waals surface area contributed by atoms with E-state index in [-0.39, 0.29) is 18.2 Å². The van der Waals surface area contributed by atoms with Crippen LogP contribution < -0.4 is 10.2 Å². The third-order valence-corrected chi connectivity index (χ3v) is 5.57. The van der Waals surface area contributed by atoms with Crippen LogP contribution in [0.5, 0.6) is 0 Å². The summed E-state index contributed by atoms with van der Waals surface area (Å²) < 4.78 is 1.73. The summed E-state index contributed by atoms with van der Waals surface area (Å²) in [6, 6.07) is 7.37. The molecule has 0 fully saturated rings. The molecular weight excluding hydrogens is 366 g/mol. The molecule has 0 unspecified atom stereocenters. The molecular formula is C22H31N5O2. The van der Waals surface area contributed by atoms with Gasteiger partial charge in [-0.05, 0) is 44.1 Å². The van der Waals surface area contributed by atoms with Crippen LogP contribution in [0.3, 0.4) is 0 Å². The standard InChI is InChI=1S/C22H31N5O2/c1-3-25(4-2)13-7-11-24-21(28)16-20(26-15-12-23-17-26)22(29)27-14-10-18-8-5-6-9-19(18)27/h5-6,8-9,12,15,17,20H,3-4,7,10-11,13-14,16H2,1-2H3,(H,24,28)/t20-/m1/s1. The Balaban J connectivity index is 1.61. The molecule has 1 aliphatic rings. The molecule has 3 rings (SSSR count). The second-order valence-electron chi connectivity index (χ2n) is 7.33. The van der Waals surface area contributed by atoms with Crippen molar-refractivity contribution in [2.75, 3.05) is 37.6 Å². The molecule has 2 heterocycles. The summed E-state index contributed by atoms with van der Waals surface area (Å²) in [6.45, 7) is 8.53. The van der Waals surface area contributed by atoms with Crippen LogP contribution in [0.2, 0.25) is 0 Å². The van der Waals surface area contributed by atoms with Gasteiger partial charge in [0, 0.05) is 31.2 Å². The summed E-state index contributed by atoms with van der Waals surface area (Å²) in [4.78, 5) is 34.1. The van der Waals surface area contributed by atoms with Crippen LogP contribution >= 0.6 is 0 Å². The minimum Gasteiger partial charge on any atom is -0.356 e. The number of amides is 2. The lowest BCUT2D eigenvalue weighted by molar-refractivity contribution is -0.128. The van der Waals surface area contributed by atoms with Gasteiger partial charge in [-0.3, -0.25) is 9.59 Å². The third-order valence-electron chi connectivity index (χ3n) is 5.57. The molecule has 156 valence electrons. The molecule has 29 heavy (non-hydrogen) atoms. The number of carbonyl (C=O) groups excluding carboxylic acids is 2. The zero-order chi connectivity index (χ0) is 20.6. The molecule has 0 aliphatic carbocycles. The van der Waals surface area contributed by atoms with Gasteiger partial charge < -0.3 is 19.7 Å². The Morgan fingerprint density at radius 2 is 2.03 bits per heavy atom. The van der Waals surface area contributed by atoms with Gasteiger partial charge >= 0.3 is 0 Å². The fourth-order valence-corrected chi connectivity index (χ4v) is 3.84. The zero-order valence-electron chi connectivity index (χ0n) is 17.4. The molecule has 0 saturated heterocycles. The summed E-state index contributed by atoms with van der Waals surface area (Å²) in [5.74, 6) is -0.171. The molecule has 2 aromatic rings. The van der Waals surface area contributed by atoms with Gasteiger partial charge in [-0.1, -0.05) is 32.0 Å². The molecule has 2 amide bonds. The highest BCUT2D eigenvalue weighted by Crippen LogP contribution is 2.30. The summed E-state index contributed by atoms with van der Waals surface area (Å²) in [5.41, 5.74) is 2.12. The molecule has 0 spiro atoms. The smallest absolute Gasteiger partial charge is 0.250 e. The Kier molecular flexibility index (Phi) is 7.41. The quantitative estimate of drug-likeness (QED) is 0.625. The SMILES string of the molecule is CCN(CC)CCCNC(=O)C[C@H](C(=O)N1CCc2ccccc21)n1ccnc1. The van der Waals surface area contributed by atoms with Gasteiger partial charge in [-0.15, -0.1) is 0 Å². The molecule has 0 saturated carbocycles. The van der Waals surface area contributed by atoms with Gasteiger partial charge in [0.05, 0.1) is 12.7 Å². The molecule has 1 aliphatic heterocycles. The lowest BCUT2D eigenvalue weighted by atomic mass is 10.1. The number of nitrogens with zero attached hydrogens (tertiary/aromatic N) is 4. The van der Waals surface area contributed by atoms with E-state index >= 15 is 0 Å². The normalized spacial score (nSPS) is 14.1. The number of para-hydroxylation sites is 1. The van der Waals surface area contributed by atoms with Gasteiger partial charge in [-0.25, -0.2) is 4.98 Å². The van der Waals surface area contributed by atoms with Crippen molar-refractivity contribution in [3.05, 3.63) is 48.5 Å². The zero-order valence-corrected chi connectivity index (χ0v) is 17.4. The van der Waals surface area contributed by atoms with E-state index in [0.717, 1.165) is 38.2 Å². The van der Waals surface area contributed by atoms with Crippen molar-refractivity contribution in [3.63, 3.8) is 0 Å². The maximum atomic E-state index is 13.3. The molecule has 0 bridgehead atoms. The van der Waals surface area contributed by atoms with E-state index in [1.165, 1.54) is 5.56 Å². The summed E-state index contributed by atoms with van der Waals surface area (Å²) in [5, 5.41) is 2.97. The minimum atomic E-state index is -0.591. The Bertz CT molecular complexity index is 801. The topological polar surface area (TPSA) is 70.5 Å². The fourth-order valence-electron chi connectivity index (χ4n) is 3.84. The lowest BCUT2D eigenvalue weighted by Crippen LogP contribution is -2.39. The van der Waals surface area contributed by atoms with E-state index in [0.29, 0.717) is 13.1 Å². The highest BCUT2D eigenvalue weighted by atomic mass is 16.2. The number of hydrogen-bond donors (Lipinski definition) is 1. The molecule has 7 nitrogen and oxygen atoms in total. The van der Waals surface area contributed by atoms with Gasteiger partial charge in [0.15, 0.2) is 0 Å². The first-order valence-electron chi connectivity index (χ1n) is 10.5. The molecule has 1 atom stereocenters. The monoisotopic (exact) mass is 397 g/mol. The van der Waals surface area contributed by atoms with Crippen LogP contribution in [0.25, 0.3) is 0 Å². The Hall–Kier alpha value is -2.67. The highest BCUT2D eigenvalue weighted by Gasteiger charge is 2.32. The average Bonchev–Trinajstić information content (AvgIpc) is 3.41. The lowest BCUT2D eigenvalue weighted by Gasteiger charge is -2.25. The Labute approximate surface area is 172 Å². The molecule has 0 radical (unpaired) electrons. The van der Waals surface area contributed by atoms with Crippen LogP contribution in [0.15, 0.2) is 43.0 Å². The van der Waals surface area contributed by atoms with Gasteiger partial charge in [0.1, 0.15) is 6.04 Å². The number of carbonyl (C=O) groups is 2. The fraction of sp³-hybridized carbons (Fsp3) is 0.500. The second-order valence-corrected chi connectivity index (χ2v) is 7.33. The van der Waals surface area contributed by atoms with Gasteiger partial charge in [0.25, 0.3) is 5.91 Å². The highest BCUT2D eigenvalue weighted by molar-refractivity contribution is 6.00. The number of aromatic nitrogens is 2. The van der Waals surface area contributed by atoms with Crippen molar-refractivity contribution < 1.29 is 9.59 Å². The number of anilines is 1. The minimum absolute atomic E-state index is 0.0637. The van der Waals surface area contributed by atoms with Gasteiger partial charge in [0.2, 0.25) is 5.91 Å². The second kappa shape index (κ2) is 10.2. The van der Waals surface area contributed by atoms with Crippen LogP contribution in [0.1, 0.15) is 38.3 Å². The Morgan fingerprint density at radius 1 is 1.24 bits per heavy atom. The first-order valence-corrected chi connectivity index (χ1v) is 10.5. The number of fused-ring (bicyclic) bond motifs is 1. The van der Waals surface area contributed by atoms with Crippen molar-refractivity contribution in [3.8, 4) is 0 Å². The maximum Gasteiger partial charge on any atom is 0.250 e. The molecule has 1 N–H and O–H groups in total. The van der Waals surface area contributed by atoms with E-state index in [1.54, 1.807) is 28.2 Å². The van der Waals surface area contributed by atoms with E-state index in [9.17, 15) is 9.59 Å². The van der Waals surface area contributed by atoms with Crippen LogP contribution in [-0.2, 0) is 16.0 Å². The number of nitrogens with one attached hydrogen (secondary N) is 1. The predicted octanol–water partition coefficient (Wildman–Crippen LogP) is 2.25. The van der Waals surface area contributed by atoms with E-state index in [1.807, 2.05) is 18.2 Å². The van der Waals surface area contributed by atoms with Crippen molar-refractivity contribution in [1.29, 1.82) is 0 Å². The molecule has 1 aromatic carbocycles. The van der Waals surface area contributed by atoms with Crippen LogP contribution in [0.4, 0.5) is 5.69 Å². The third kappa shape index (κ3) is 5.23. The maximum absolute atomic E-state index is 13.3. The van der Waals surface area contributed by atoms with Gasteiger partial charge in [-0.2, -0.15) is 0 Å². The Morgan fingerprint density at radius 3 is 2.76 bits per heavy atom.